The van der Waals surface area contributed by atoms with Crippen molar-refractivity contribution < 1.29 is 8.42 Å². The molecule has 2 atom stereocenters. The molecule has 2 rings (SSSR count). The molecule has 4 nitrogen and oxygen atoms in total. The zero-order valence-electron chi connectivity index (χ0n) is 9.48. The Balaban J connectivity index is 1.80. The minimum absolute atomic E-state index is 0.198. The molecule has 2 unspecified atom stereocenters. The van der Waals surface area contributed by atoms with Gasteiger partial charge in [-0.15, -0.1) is 0 Å². The second-order valence-corrected chi connectivity index (χ2v) is 8.00. The number of amidine groups is 1. The van der Waals surface area contributed by atoms with E-state index in [1.54, 1.807) is 11.8 Å². The fourth-order valence-corrected chi connectivity index (χ4v) is 4.73. The van der Waals surface area contributed by atoms with Crippen LogP contribution in [0.3, 0.4) is 0 Å². The first-order chi connectivity index (χ1) is 7.62. The third kappa shape index (κ3) is 2.71. The van der Waals surface area contributed by atoms with Crippen LogP contribution in [-0.2, 0) is 9.84 Å². The molecule has 2 heterocycles. The topological polar surface area (TPSA) is 58.5 Å². The molecule has 6 heteroatoms. The van der Waals surface area contributed by atoms with Gasteiger partial charge in [-0.3, -0.25) is 4.99 Å². The molecule has 0 aromatic carbocycles. The Labute approximate surface area is 101 Å². The summed E-state index contributed by atoms with van der Waals surface area (Å²) in [7, 11) is -2.82. The Morgan fingerprint density at radius 1 is 1.56 bits per heavy atom. The normalized spacial score (nSPS) is 32.7. The standard InChI is InChI=1S/C10H18N2O2S2/c1-2-8-6-11-10(15-8)12-7-9-4-3-5-16(9,13)14/h8-9H,2-7H2,1H3,(H,11,12). The van der Waals surface area contributed by atoms with E-state index in [0.717, 1.165) is 31.0 Å². The summed E-state index contributed by atoms with van der Waals surface area (Å²) in [6.07, 6.45) is 2.72. The number of sulfone groups is 1. The van der Waals surface area contributed by atoms with E-state index in [1.165, 1.54) is 0 Å². The van der Waals surface area contributed by atoms with Gasteiger partial charge in [0, 0.05) is 11.8 Å². The van der Waals surface area contributed by atoms with Crippen molar-refractivity contribution in [3.8, 4) is 0 Å². The fraction of sp³-hybridized carbons (Fsp3) is 0.900. The van der Waals surface area contributed by atoms with Crippen LogP contribution in [0.4, 0.5) is 0 Å². The second kappa shape index (κ2) is 4.96. The van der Waals surface area contributed by atoms with Crippen LogP contribution in [0.2, 0.25) is 0 Å². The molecule has 1 saturated heterocycles. The van der Waals surface area contributed by atoms with Gasteiger partial charge in [-0.05, 0) is 19.3 Å². The zero-order chi connectivity index (χ0) is 11.6. The average molecular weight is 262 g/mol. The summed E-state index contributed by atoms with van der Waals surface area (Å²) in [5, 5.41) is 4.48. The molecule has 16 heavy (non-hydrogen) atoms. The lowest BCUT2D eigenvalue weighted by Crippen LogP contribution is -2.32. The smallest absolute Gasteiger partial charge is 0.156 e. The molecule has 0 bridgehead atoms. The van der Waals surface area contributed by atoms with Crippen molar-refractivity contribution in [3.63, 3.8) is 0 Å². The van der Waals surface area contributed by atoms with E-state index >= 15 is 0 Å². The maximum atomic E-state index is 11.6. The summed E-state index contributed by atoms with van der Waals surface area (Å²) in [6.45, 7) is 3.54. The summed E-state index contributed by atoms with van der Waals surface area (Å²) in [4.78, 5) is 4.37. The molecule has 2 aliphatic rings. The van der Waals surface area contributed by atoms with Crippen LogP contribution in [0.5, 0.6) is 0 Å². The molecule has 0 aliphatic carbocycles. The highest BCUT2D eigenvalue weighted by atomic mass is 32.2. The van der Waals surface area contributed by atoms with Gasteiger partial charge in [-0.25, -0.2) is 8.42 Å². The molecular formula is C10H18N2O2S2. The van der Waals surface area contributed by atoms with Crippen LogP contribution in [0.25, 0.3) is 0 Å². The van der Waals surface area contributed by atoms with E-state index in [-0.39, 0.29) is 5.25 Å². The van der Waals surface area contributed by atoms with Crippen LogP contribution in [0, 0.1) is 0 Å². The quantitative estimate of drug-likeness (QED) is 0.825. The summed E-state index contributed by atoms with van der Waals surface area (Å²) in [5.74, 6) is 0.358. The van der Waals surface area contributed by atoms with Crippen molar-refractivity contribution in [2.24, 2.45) is 4.99 Å². The summed E-state index contributed by atoms with van der Waals surface area (Å²) >= 11 is 1.74. The molecule has 1 fully saturated rings. The van der Waals surface area contributed by atoms with Crippen molar-refractivity contribution in [1.82, 2.24) is 5.32 Å². The maximum absolute atomic E-state index is 11.6. The van der Waals surface area contributed by atoms with Crippen LogP contribution < -0.4 is 5.32 Å². The van der Waals surface area contributed by atoms with Crippen molar-refractivity contribution in [2.75, 3.05) is 18.8 Å². The van der Waals surface area contributed by atoms with Crippen molar-refractivity contribution in [3.05, 3.63) is 0 Å². The van der Waals surface area contributed by atoms with Crippen LogP contribution in [0.1, 0.15) is 26.2 Å². The molecule has 92 valence electrons. The van der Waals surface area contributed by atoms with Crippen LogP contribution in [-0.4, -0.2) is 42.9 Å². The van der Waals surface area contributed by atoms with E-state index in [0.29, 0.717) is 17.5 Å². The third-order valence-electron chi connectivity index (χ3n) is 3.12. The van der Waals surface area contributed by atoms with Gasteiger partial charge in [0.15, 0.2) is 15.0 Å². The Morgan fingerprint density at radius 3 is 2.94 bits per heavy atom. The van der Waals surface area contributed by atoms with Gasteiger partial charge in [-0.2, -0.15) is 0 Å². The number of thioether (sulfide) groups is 1. The van der Waals surface area contributed by atoms with Crippen LogP contribution >= 0.6 is 11.8 Å². The predicted octanol–water partition coefficient (Wildman–Crippen LogP) is 1.03. The molecule has 2 aliphatic heterocycles. The van der Waals surface area contributed by atoms with Gasteiger partial charge in [0.1, 0.15) is 0 Å². The lowest BCUT2D eigenvalue weighted by atomic mass is 10.2. The Morgan fingerprint density at radius 2 is 2.38 bits per heavy atom. The van der Waals surface area contributed by atoms with Crippen molar-refractivity contribution in [2.45, 2.75) is 36.7 Å². The number of hydrogen-bond donors (Lipinski definition) is 1. The Bertz CT molecular complexity index is 378. The molecule has 0 saturated carbocycles. The first kappa shape index (κ1) is 12.2. The highest BCUT2D eigenvalue weighted by molar-refractivity contribution is 8.14. The monoisotopic (exact) mass is 262 g/mol. The SMILES string of the molecule is CCC1CN=C(NCC2CCCS2(=O)=O)S1. The highest BCUT2D eigenvalue weighted by Crippen LogP contribution is 2.23. The first-order valence-electron chi connectivity index (χ1n) is 5.78. The number of hydrogen-bond acceptors (Lipinski definition) is 5. The Kier molecular flexibility index (Phi) is 3.79. The average Bonchev–Trinajstić information content (AvgIpc) is 2.81. The third-order valence-corrected chi connectivity index (χ3v) is 6.70. The van der Waals surface area contributed by atoms with Gasteiger partial charge < -0.3 is 5.32 Å². The second-order valence-electron chi connectivity index (χ2n) is 4.31. The zero-order valence-corrected chi connectivity index (χ0v) is 11.1. The minimum atomic E-state index is -2.82. The van der Waals surface area contributed by atoms with Crippen molar-refractivity contribution >= 4 is 26.8 Å². The minimum Gasteiger partial charge on any atom is -0.364 e. The summed E-state index contributed by atoms with van der Waals surface area (Å²) < 4.78 is 23.2. The van der Waals surface area contributed by atoms with E-state index in [2.05, 4.69) is 17.2 Å². The lowest BCUT2D eigenvalue weighted by molar-refractivity contribution is 0.587. The fourth-order valence-electron chi connectivity index (χ4n) is 2.02. The molecule has 0 aromatic heterocycles. The highest BCUT2D eigenvalue weighted by Gasteiger charge is 2.31. The van der Waals surface area contributed by atoms with Gasteiger partial charge >= 0.3 is 0 Å². The molecule has 0 amide bonds. The molecule has 0 radical (unpaired) electrons. The number of nitrogens with one attached hydrogen (secondary N) is 1. The predicted molar refractivity (Wildman–Crippen MR) is 68.8 cm³/mol. The molecule has 0 aromatic rings. The van der Waals surface area contributed by atoms with Gasteiger partial charge in [0.25, 0.3) is 0 Å². The first-order valence-corrected chi connectivity index (χ1v) is 8.38. The molecule has 0 spiro atoms. The van der Waals surface area contributed by atoms with Crippen molar-refractivity contribution in [1.29, 1.82) is 0 Å². The van der Waals surface area contributed by atoms with Crippen LogP contribution in [0.15, 0.2) is 4.99 Å². The maximum Gasteiger partial charge on any atom is 0.156 e. The van der Waals surface area contributed by atoms with E-state index in [1.807, 2.05) is 0 Å². The molecular weight excluding hydrogens is 244 g/mol. The summed E-state index contributed by atoms with van der Waals surface area (Å²) in [6, 6.07) is 0. The lowest BCUT2D eigenvalue weighted by Gasteiger charge is -2.11. The molecule has 1 N–H and O–H groups in total. The number of aliphatic imine (C=N–C) groups is 1. The van der Waals surface area contributed by atoms with E-state index in [4.69, 9.17) is 0 Å². The van der Waals surface area contributed by atoms with Gasteiger partial charge in [-0.1, -0.05) is 18.7 Å². The summed E-state index contributed by atoms with van der Waals surface area (Å²) in [5.41, 5.74) is 0. The Hall–Kier alpha value is -0.230. The number of rotatable bonds is 3. The van der Waals surface area contributed by atoms with E-state index < -0.39 is 9.84 Å². The largest absolute Gasteiger partial charge is 0.364 e. The van der Waals surface area contributed by atoms with Gasteiger partial charge in [0.2, 0.25) is 0 Å². The van der Waals surface area contributed by atoms with Gasteiger partial charge in [0.05, 0.1) is 17.5 Å². The number of nitrogens with zero attached hydrogens (tertiary/aromatic N) is 1. The van der Waals surface area contributed by atoms with E-state index in [9.17, 15) is 8.42 Å².